The second kappa shape index (κ2) is 9.31. The summed E-state index contributed by atoms with van der Waals surface area (Å²) < 4.78 is 26.6. The predicted molar refractivity (Wildman–Crippen MR) is 81.4 cm³/mol. The first-order valence-corrected chi connectivity index (χ1v) is 7.87. The fraction of sp³-hybridized carbons (Fsp3) is 0.538. The molecule has 1 rings (SSSR count). The van der Waals surface area contributed by atoms with Gasteiger partial charge in [-0.1, -0.05) is 26.0 Å². The van der Waals surface area contributed by atoms with Gasteiger partial charge in [-0.05, 0) is 37.1 Å². The van der Waals surface area contributed by atoms with Crippen LogP contribution in [0.4, 0.5) is 0 Å². The van der Waals surface area contributed by atoms with E-state index in [0.29, 0.717) is 18.0 Å². The molecule has 0 atom stereocenters. The lowest BCUT2D eigenvalue weighted by Gasteiger charge is -2.08. The number of aryl methyl sites for hydroxylation is 1. The number of hydrogen-bond acceptors (Lipinski definition) is 3. The highest BCUT2D eigenvalue weighted by Crippen LogP contribution is 2.11. The summed E-state index contributed by atoms with van der Waals surface area (Å²) in [6.07, 6.45) is 1.88. The standard InChI is InChI=1S/C13H22N2O2S.ClH/c1-3-8-14-9-10-15-18(16,17)13-7-5-6-12(4-2)11-13;/h5-7,11,14-15H,3-4,8-10H2,1-2H3;1H. The van der Waals surface area contributed by atoms with Gasteiger partial charge in [-0.2, -0.15) is 0 Å². The fourth-order valence-corrected chi connectivity index (χ4v) is 2.69. The highest BCUT2D eigenvalue weighted by atomic mass is 35.5. The van der Waals surface area contributed by atoms with Gasteiger partial charge in [-0.3, -0.25) is 0 Å². The molecule has 0 amide bonds. The Bertz CT molecular complexity index is 463. The topological polar surface area (TPSA) is 58.2 Å². The maximum atomic E-state index is 12.0. The SMILES string of the molecule is CCCNCCNS(=O)(=O)c1cccc(CC)c1.Cl. The zero-order valence-corrected chi connectivity index (χ0v) is 13.1. The quantitative estimate of drug-likeness (QED) is 0.722. The van der Waals surface area contributed by atoms with E-state index < -0.39 is 10.0 Å². The van der Waals surface area contributed by atoms with Gasteiger partial charge in [-0.15, -0.1) is 12.4 Å². The minimum Gasteiger partial charge on any atom is -0.315 e. The van der Waals surface area contributed by atoms with Gasteiger partial charge in [0.1, 0.15) is 0 Å². The molecule has 0 spiro atoms. The van der Waals surface area contributed by atoms with Crippen LogP contribution in [0.3, 0.4) is 0 Å². The summed E-state index contributed by atoms with van der Waals surface area (Å²) in [6, 6.07) is 7.06. The molecule has 0 saturated heterocycles. The number of rotatable bonds is 8. The lowest BCUT2D eigenvalue weighted by Crippen LogP contribution is -2.32. The molecule has 0 aromatic heterocycles. The van der Waals surface area contributed by atoms with E-state index in [-0.39, 0.29) is 12.4 Å². The van der Waals surface area contributed by atoms with Crippen molar-refractivity contribution >= 4 is 22.4 Å². The van der Waals surface area contributed by atoms with E-state index >= 15 is 0 Å². The zero-order valence-electron chi connectivity index (χ0n) is 11.5. The maximum Gasteiger partial charge on any atom is 0.240 e. The van der Waals surface area contributed by atoms with E-state index in [4.69, 9.17) is 0 Å². The van der Waals surface area contributed by atoms with Gasteiger partial charge in [0, 0.05) is 13.1 Å². The van der Waals surface area contributed by atoms with Gasteiger partial charge in [-0.25, -0.2) is 13.1 Å². The average molecular weight is 307 g/mol. The third kappa shape index (κ3) is 6.38. The van der Waals surface area contributed by atoms with E-state index in [1.165, 1.54) is 0 Å². The Morgan fingerprint density at radius 1 is 1.11 bits per heavy atom. The summed E-state index contributed by atoms with van der Waals surface area (Å²) in [5.41, 5.74) is 1.03. The van der Waals surface area contributed by atoms with Gasteiger partial charge < -0.3 is 5.32 Å². The first-order chi connectivity index (χ1) is 8.60. The Labute approximate surface area is 122 Å². The van der Waals surface area contributed by atoms with E-state index in [1.807, 2.05) is 13.0 Å². The Hall–Kier alpha value is -0.620. The van der Waals surface area contributed by atoms with Crippen molar-refractivity contribution in [2.24, 2.45) is 0 Å². The smallest absolute Gasteiger partial charge is 0.240 e. The van der Waals surface area contributed by atoms with Gasteiger partial charge in [0.15, 0.2) is 0 Å². The van der Waals surface area contributed by atoms with Crippen molar-refractivity contribution < 1.29 is 8.42 Å². The van der Waals surface area contributed by atoms with Crippen LogP contribution < -0.4 is 10.0 Å². The van der Waals surface area contributed by atoms with Crippen molar-refractivity contribution in [1.29, 1.82) is 0 Å². The second-order valence-corrected chi connectivity index (χ2v) is 5.92. The summed E-state index contributed by atoms with van der Waals surface area (Å²) in [7, 11) is -3.37. The third-order valence-corrected chi connectivity index (χ3v) is 4.10. The molecule has 0 fully saturated rings. The van der Waals surface area contributed by atoms with Crippen molar-refractivity contribution in [3.63, 3.8) is 0 Å². The van der Waals surface area contributed by atoms with Crippen LogP contribution in [-0.2, 0) is 16.4 Å². The fourth-order valence-electron chi connectivity index (χ4n) is 1.59. The second-order valence-electron chi connectivity index (χ2n) is 4.15. The molecule has 0 bridgehead atoms. The Kier molecular flexibility index (Phi) is 9.01. The lowest BCUT2D eigenvalue weighted by atomic mass is 10.2. The van der Waals surface area contributed by atoms with Crippen LogP contribution in [0.5, 0.6) is 0 Å². The Morgan fingerprint density at radius 3 is 2.47 bits per heavy atom. The number of nitrogens with one attached hydrogen (secondary N) is 2. The highest BCUT2D eigenvalue weighted by Gasteiger charge is 2.12. The summed E-state index contributed by atoms with van der Waals surface area (Å²) in [5.74, 6) is 0. The molecule has 6 heteroatoms. The van der Waals surface area contributed by atoms with Gasteiger partial charge in [0.2, 0.25) is 10.0 Å². The van der Waals surface area contributed by atoms with Gasteiger partial charge in [0.05, 0.1) is 4.90 Å². The maximum absolute atomic E-state index is 12.0. The summed E-state index contributed by atoms with van der Waals surface area (Å²) in [6.45, 7) is 6.06. The average Bonchev–Trinajstić information content (AvgIpc) is 2.38. The molecule has 110 valence electrons. The Morgan fingerprint density at radius 2 is 1.84 bits per heavy atom. The van der Waals surface area contributed by atoms with Crippen LogP contribution in [0.2, 0.25) is 0 Å². The van der Waals surface area contributed by atoms with E-state index in [2.05, 4.69) is 17.0 Å². The molecule has 0 aliphatic carbocycles. The van der Waals surface area contributed by atoms with E-state index in [9.17, 15) is 8.42 Å². The van der Waals surface area contributed by atoms with E-state index in [1.54, 1.807) is 18.2 Å². The molecular weight excluding hydrogens is 284 g/mol. The monoisotopic (exact) mass is 306 g/mol. The summed E-state index contributed by atoms with van der Waals surface area (Å²) in [4.78, 5) is 0.345. The molecular formula is C13H23ClN2O2S. The third-order valence-electron chi connectivity index (χ3n) is 2.64. The molecule has 0 heterocycles. The Balaban J connectivity index is 0.00000324. The van der Waals surface area contributed by atoms with Crippen LogP contribution in [0.25, 0.3) is 0 Å². The molecule has 0 radical (unpaired) electrons. The van der Waals surface area contributed by atoms with Crippen LogP contribution >= 0.6 is 12.4 Å². The van der Waals surface area contributed by atoms with Gasteiger partial charge >= 0.3 is 0 Å². The molecule has 1 aromatic carbocycles. The minimum atomic E-state index is -3.37. The molecule has 19 heavy (non-hydrogen) atoms. The zero-order chi connectivity index (χ0) is 13.4. The van der Waals surface area contributed by atoms with Crippen LogP contribution in [-0.4, -0.2) is 28.1 Å². The first kappa shape index (κ1) is 18.4. The molecule has 0 unspecified atom stereocenters. The van der Waals surface area contributed by atoms with Crippen molar-refractivity contribution in [2.75, 3.05) is 19.6 Å². The van der Waals surface area contributed by atoms with Crippen LogP contribution in [0.1, 0.15) is 25.8 Å². The van der Waals surface area contributed by atoms with E-state index in [0.717, 1.165) is 24.9 Å². The van der Waals surface area contributed by atoms with Gasteiger partial charge in [0.25, 0.3) is 0 Å². The highest BCUT2D eigenvalue weighted by molar-refractivity contribution is 7.89. The van der Waals surface area contributed by atoms with Crippen molar-refractivity contribution in [2.45, 2.75) is 31.6 Å². The largest absolute Gasteiger partial charge is 0.315 e. The summed E-state index contributed by atoms with van der Waals surface area (Å²) in [5, 5.41) is 3.15. The van der Waals surface area contributed by atoms with Crippen molar-refractivity contribution in [1.82, 2.24) is 10.0 Å². The lowest BCUT2D eigenvalue weighted by molar-refractivity contribution is 0.575. The molecule has 0 saturated carbocycles. The first-order valence-electron chi connectivity index (χ1n) is 6.39. The normalized spacial score (nSPS) is 11.1. The number of halogens is 1. The molecule has 1 aromatic rings. The molecule has 0 aliphatic heterocycles. The number of benzene rings is 1. The summed E-state index contributed by atoms with van der Waals surface area (Å²) >= 11 is 0. The van der Waals surface area contributed by atoms with Crippen LogP contribution in [0, 0.1) is 0 Å². The number of hydrogen-bond donors (Lipinski definition) is 2. The molecule has 4 nitrogen and oxygen atoms in total. The minimum absolute atomic E-state index is 0. The number of sulfonamides is 1. The van der Waals surface area contributed by atoms with Crippen LogP contribution in [0.15, 0.2) is 29.2 Å². The predicted octanol–water partition coefficient (Wildman–Crippen LogP) is 1.95. The molecule has 0 aliphatic rings. The molecule has 2 N–H and O–H groups in total. The van der Waals surface area contributed by atoms with Crippen molar-refractivity contribution in [3.05, 3.63) is 29.8 Å². The van der Waals surface area contributed by atoms with Crippen molar-refractivity contribution in [3.8, 4) is 0 Å².